The lowest BCUT2D eigenvalue weighted by Crippen LogP contribution is -2.36. The van der Waals surface area contributed by atoms with Crippen molar-refractivity contribution in [3.05, 3.63) is 23.5 Å². The van der Waals surface area contributed by atoms with Gasteiger partial charge in [-0.3, -0.25) is 4.79 Å². The van der Waals surface area contributed by atoms with Crippen molar-refractivity contribution in [2.24, 2.45) is 5.41 Å². The van der Waals surface area contributed by atoms with E-state index in [4.69, 9.17) is 4.74 Å². The van der Waals surface area contributed by atoms with Crippen LogP contribution in [0.3, 0.4) is 0 Å². The molecule has 0 amide bonds. The van der Waals surface area contributed by atoms with Crippen molar-refractivity contribution in [1.82, 2.24) is 0 Å². The van der Waals surface area contributed by atoms with Crippen molar-refractivity contribution >= 4 is 5.78 Å². The van der Waals surface area contributed by atoms with Crippen LogP contribution in [-0.4, -0.2) is 11.4 Å². The van der Waals surface area contributed by atoms with E-state index in [9.17, 15) is 4.79 Å². The van der Waals surface area contributed by atoms with E-state index in [0.717, 1.165) is 18.6 Å². The molecule has 1 unspecified atom stereocenters. The van der Waals surface area contributed by atoms with E-state index in [1.165, 1.54) is 5.57 Å². The number of allylic oxidation sites excluding steroid dienone is 2. The van der Waals surface area contributed by atoms with Crippen molar-refractivity contribution in [1.29, 1.82) is 0 Å². The molecular weight excluding hydrogens is 188 g/mol. The van der Waals surface area contributed by atoms with E-state index in [1.807, 2.05) is 0 Å². The second-order valence-electron chi connectivity index (χ2n) is 5.21. The Balaban J connectivity index is 2.40. The Hall–Kier alpha value is -1.05. The number of ketones is 1. The van der Waals surface area contributed by atoms with Gasteiger partial charge in [0.1, 0.15) is 0 Å². The smallest absolute Gasteiger partial charge is 0.191 e. The fourth-order valence-corrected chi connectivity index (χ4v) is 2.70. The van der Waals surface area contributed by atoms with Gasteiger partial charge in [-0.1, -0.05) is 19.9 Å². The number of carbonyl (C=O) groups is 1. The number of hydrogen-bond donors (Lipinski definition) is 0. The number of rotatable bonds is 1. The van der Waals surface area contributed by atoms with E-state index in [2.05, 4.69) is 26.8 Å². The molecule has 1 saturated heterocycles. The first kappa shape index (κ1) is 10.5. The normalized spacial score (nSPS) is 34.9. The van der Waals surface area contributed by atoms with Gasteiger partial charge in [-0.05, 0) is 32.3 Å². The molecule has 82 valence electrons. The van der Waals surface area contributed by atoms with E-state index in [0.29, 0.717) is 0 Å². The SMILES string of the molecule is CC(=O)/C=C1\OC12C(C)=CCCC2(C)C. The monoisotopic (exact) mass is 206 g/mol. The van der Waals surface area contributed by atoms with Crippen LogP contribution in [0.15, 0.2) is 23.5 Å². The van der Waals surface area contributed by atoms with Crippen molar-refractivity contribution in [3.8, 4) is 0 Å². The molecule has 1 fully saturated rings. The van der Waals surface area contributed by atoms with Crippen LogP contribution < -0.4 is 0 Å². The Morgan fingerprint density at radius 1 is 1.53 bits per heavy atom. The third kappa shape index (κ3) is 1.35. The summed E-state index contributed by atoms with van der Waals surface area (Å²) in [5.74, 6) is 0.921. The Bertz CT molecular complexity index is 374. The summed E-state index contributed by atoms with van der Waals surface area (Å²) in [7, 11) is 0. The summed E-state index contributed by atoms with van der Waals surface area (Å²) in [5, 5.41) is 0. The molecule has 1 atom stereocenters. The maximum Gasteiger partial charge on any atom is 0.191 e. The predicted molar refractivity (Wildman–Crippen MR) is 59.4 cm³/mol. The third-order valence-corrected chi connectivity index (χ3v) is 3.63. The van der Waals surface area contributed by atoms with Gasteiger partial charge in [-0.25, -0.2) is 0 Å². The lowest BCUT2D eigenvalue weighted by Gasteiger charge is -2.34. The molecule has 2 rings (SSSR count). The maximum atomic E-state index is 11.1. The van der Waals surface area contributed by atoms with E-state index < -0.39 is 0 Å². The van der Waals surface area contributed by atoms with Crippen LogP contribution in [0.25, 0.3) is 0 Å². The average molecular weight is 206 g/mol. The molecule has 1 heterocycles. The summed E-state index contributed by atoms with van der Waals surface area (Å²) < 4.78 is 5.76. The van der Waals surface area contributed by atoms with Gasteiger partial charge in [0.2, 0.25) is 0 Å². The van der Waals surface area contributed by atoms with Gasteiger partial charge < -0.3 is 4.74 Å². The highest BCUT2D eigenvalue weighted by atomic mass is 16.6. The molecule has 2 heteroatoms. The van der Waals surface area contributed by atoms with E-state index >= 15 is 0 Å². The van der Waals surface area contributed by atoms with Gasteiger partial charge in [-0.2, -0.15) is 0 Å². The van der Waals surface area contributed by atoms with Gasteiger partial charge in [0, 0.05) is 11.5 Å². The molecule has 0 bridgehead atoms. The standard InChI is InChI=1S/C13H18O2/c1-9-6-5-7-12(3,4)13(9)11(15-13)8-10(2)14/h6,8H,5,7H2,1-4H3/b11-8-. The molecule has 0 aromatic carbocycles. The van der Waals surface area contributed by atoms with Crippen molar-refractivity contribution < 1.29 is 9.53 Å². The Kier molecular flexibility index (Phi) is 2.07. The van der Waals surface area contributed by atoms with Gasteiger partial charge in [-0.15, -0.1) is 0 Å². The minimum atomic E-state index is -0.267. The van der Waals surface area contributed by atoms with Crippen molar-refractivity contribution in [2.75, 3.05) is 0 Å². The highest BCUT2D eigenvalue weighted by Crippen LogP contribution is 2.61. The fraction of sp³-hybridized carbons (Fsp3) is 0.615. The Morgan fingerprint density at radius 3 is 2.73 bits per heavy atom. The number of carbonyl (C=O) groups excluding carboxylic acids is 1. The Morgan fingerprint density at radius 2 is 2.20 bits per heavy atom. The van der Waals surface area contributed by atoms with Crippen LogP contribution in [0.1, 0.15) is 40.5 Å². The highest BCUT2D eigenvalue weighted by Gasteiger charge is 2.64. The quantitative estimate of drug-likeness (QED) is 0.375. The first-order valence-electron chi connectivity index (χ1n) is 5.49. The van der Waals surface area contributed by atoms with Gasteiger partial charge in [0.05, 0.1) is 0 Å². The largest absolute Gasteiger partial charge is 0.474 e. The van der Waals surface area contributed by atoms with Crippen LogP contribution >= 0.6 is 0 Å². The minimum absolute atomic E-state index is 0.0658. The predicted octanol–water partition coefficient (Wildman–Crippen LogP) is 2.99. The topological polar surface area (TPSA) is 29.6 Å². The molecular formula is C13H18O2. The minimum Gasteiger partial charge on any atom is -0.474 e. The molecule has 0 saturated carbocycles. The van der Waals surface area contributed by atoms with Crippen molar-refractivity contribution in [3.63, 3.8) is 0 Å². The molecule has 2 aliphatic rings. The third-order valence-electron chi connectivity index (χ3n) is 3.63. The van der Waals surface area contributed by atoms with Gasteiger partial charge in [0.15, 0.2) is 17.1 Å². The first-order chi connectivity index (χ1) is 6.90. The second kappa shape index (κ2) is 2.97. The molecule has 0 aromatic rings. The molecule has 2 nitrogen and oxygen atoms in total. The molecule has 0 N–H and O–H groups in total. The zero-order chi connectivity index (χ0) is 11.3. The number of hydrogen-bond acceptors (Lipinski definition) is 2. The van der Waals surface area contributed by atoms with Crippen LogP contribution in [0.2, 0.25) is 0 Å². The zero-order valence-corrected chi connectivity index (χ0v) is 9.89. The summed E-state index contributed by atoms with van der Waals surface area (Å²) in [4.78, 5) is 11.1. The summed E-state index contributed by atoms with van der Waals surface area (Å²) in [6.07, 6.45) is 6.08. The Labute approximate surface area is 91.0 Å². The van der Waals surface area contributed by atoms with Crippen LogP contribution in [0.5, 0.6) is 0 Å². The van der Waals surface area contributed by atoms with E-state index in [1.54, 1.807) is 13.0 Å². The maximum absolute atomic E-state index is 11.1. The molecule has 1 aliphatic carbocycles. The number of epoxide rings is 1. The summed E-state index contributed by atoms with van der Waals surface area (Å²) in [6, 6.07) is 0. The molecule has 15 heavy (non-hydrogen) atoms. The summed E-state index contributed by atoms with van der Waals surface area (Å²) in [6.45, 7) is 8.09. The van der Waals surface area contributed by atoms with E-state index in [-0.39, 0.29) is 16.8 Å². The second-order valence-corrected chi connectivity index (χ2v) is 5.21. The molecule has 0 aromatic heterocycles. The number of ether oxygens (including phenoxy) is 1. The molecule has 1 spiro atoms. The average Bonchev–Trinajstić information content (AvgIpc) is 2.76. The van der Waals surface area contributed by atoms with Crippen molar-refractivity contribution in [2.45, 2.75) is 46.1 Å². The fourth-order valence-electron chi connectivity index (χ4n) is 2.70. The summed E-state index contributed by atoms with van der Waals surface area (Å²) >= 11 is 0. The van der Waals surface area contributed by atoms with Gasteiger partial charge >= 0.3 is 0 Å². The van der Waals surface area contributed by atoms with Crippen LogP contribution in [-0.2, 0) is 9.53 Å². The van der Waals surface area contributed by atoms with Crippen LogP contribution in [0.4, 0.5) is 0 Å². The van der Waals surface area contributed by atoms with Crippen LogP contribution in [0, 0.1) is 5.41 Å². The molecule has 1 aliphatic heterocycles. The lowest BCUT2D eigenvalue weighted by atomic mass is 9.67. The van der Waals surface area contributed by atoms with Gasteiger partial charge in [0.25, 0.3) is 0 Å². The summed E-state index contributed by atoms with van der Waals surface area (Å²) in [5.41, 5.74) is 1.09. The lowest BCUT2D eigenvalue weighted by molar-refractivity contribution is -0.112. The molecule has 0 radical (unpaired) electrons. The first-order valence-corrected chi connectivity index (χ1v) is 5.49. The highest BCUT2D eigenvalue weighted by molar-refractivity contribution is 5.89. The zero-order valence-electron chi connectivity index (χ0n) is 9.89.